The molecule has 0 saturated heterocycles. The maximum Gasteiger partial charge on any atom is 0.311 e. The molecule has 0 aliphatic carbocycles. The summed E-state index contributed by atoms with van der Waals surface area (Å²) in [5.74, 6) is 1.43. The van der Waals surface area contributed by atoms with Gasteiger partial charge in [0.15, 0.2) is 0 Å². The number of nitrogens with one attached hydrogen (secondary N) is 1. The molecule has 0 spiro atoms. The van der Waals surface area contributed by atoms with Gasteiger partial charge in [-0.3, -0.25) is 9.78 Å². The van der Waals surface area contributed by atoms with Crippen LogP contribution in [0.5, 0.6) is 0 Å². The predicted molar refractivity (Wildman–Crippen MR) is 89.3 cm³/mol. The van der Waals surface area contributed by atoms with E-state index >= 15 is 0 Å². The number of hydrogen-bond donors (Lipinski definition) is 1. The van der Waals surface area contributed by atoms with E-state index in [1.54, 1.807) is 24.0 Å². The lowest BCUT2D eigenvalue weighted by molar-refractivity contribution is -0.139. The highest BCUT2D eigenvalue weighted by Crippen LogP contribution is 2.36. The maximum atomic E-state index is 11.2. The van der Waals surface area contributed by atoms with E-state index < -0.39 is 0 Å². The molecule has 1 aliphatic rings. The molecule has 120 valence electrons. The molecule has 0 saturated carbocycles. The van der Waals surface area contributed by atoms with Gasteiger partial charge in [-0.15, -0.1) is 11.8 Å². The van der Waals surface area contributed by atoms with Crippen molar-refractivity contribution in [3.8, 4) is 0 Å². The van der Waals surface area contributed by atoms with E-state index in [2.05, 4.69) is 25.0 Å². The molecule has 2 aromatic rings. The van der Waals surface area contributed by atoms with Crippen LogP contribution >= 0.6 is 23.4 Å². The molecule has 1 aliphatic heterocycles. The van der Waals surface area contributed by atoms with E-state index in [0.717, 1.165) is 34.9 Å². The lowest BCUT2D eigenvalue weighted by atomic mass is 10.2. The summed E-state index contributed by atoms with van der Waals surface area (Å²) in [6, 6.07) is 3.63. The fourth-order valence-corrected chi connectivity index (χ4v) is 3.47. The number of carbonyl (C=O) groups is 1. The summed E-state index contributed by atoms with van der Waals surface area (Å²) in [5, 5.41) is 3.47. The van der Waals surface area contributed by atoms with E-state index in [0.29, 0.717) is 11.5 Å². The van der Waals surface area contributed by atoms with Crippen LogP contribution < -0.4 is 5.32 Å². The minimum Gasteiger partial charge on any atom is -0.469 e. The second-order valence-electron chi connectivity index (χ2n) is 4.99. The first kappa shape index (κ1) is 16.0. The highest BCUT2D eigenvalue weighted by atomic mass is 35.5. The van der Waals surface area contributed by atoms with E-state index in [4.69, 9.17) is 11.6 Å². The van der Waals surface area contributed by atoms with Crippen molar-refractivity contribution in [1.82, 2.24) is 15.0 Å². The Morgan fingerprint density at radius 2 is 2.30 bits per heavy atom. The molecule has 0 fully saturated rings. The van der Waals surface area contributed by atoms with Gasteiger partial charge in [-0.1, -0.05) is 0 Å². The molecule has 1 N–H and O–H groups in total. The van der Waals surface area contributed by atoms with Crippen LogP contribution in [0.15, 0.2) is 23.2 Å². The van der Waals surface area contributed by atoms with Crippen molar-refractivity contribution in [2.45, 2.75) is 24.2 Å². The number of nitrogens with zero attached hydrogens (tertiary/aromatic N) is 3. The Hall–Kier alpha value is -1.86. The van der Waals surface area contributed by atoms with Crippen molar-refractivity contribution in [3.05, 3.63) is 35.0 Å². The highest BCUT2D eigenvalue weighted by Gasteiger charge is 2.18. The Labute approximate surface area is 143 Å². The van der Waals surface area contributed by atoms with Gasteiger partial charge in [0.05, 0.1) is 41.7 Å². The first-order valence-electron chi connectivity index (χ1n) is 7.13. The Bertz CT molecular complexity index is 724. The largest absolute Gasteiger partial charge is 0.469 e. The number of anilines is 2. The Kier molecular flexibility index (Phi) is 4.97. The summed E-state index contributed by atoms with van der Waals surface area (Å²) in [5.41, 5.74) is 2.42. The standard InChI is InChI=1S/C15H15ClN4O2S/c1-22-12(21)7-9-4-5-10(8-17-9)18-14-13-11(3-2-6-23-13)19-15(16)20-14/h4-5,8H,2-3,6-7H2,1H3,(H,18,19,20). The molecule has 23 heavy (non-hydrogen) atoms. The van der Waals surface area contributed by atoms with E-state index in [1.807, 2.05) is 6.07 Å². The molecule has 0 bridgehead atoms. The third-order valence-corrected chi connectivity index (χ3v) is 4.73. The Morgan fingerprint density at radius 1 is 1.43 bits per heavy atom. The smallest absolute Gasteiger partial charge is 0.311 e. The number of methoxy groups -OCH3 is 1. The number of rotatable bonds is 4. The molecular formula is C15H15ClN4O2S. The fourth-order valence-electron chi connectivity index (χ4n) is 2.25. The lowest BCUT2D eigenvalue weighted by Gasteiger charge is -2.18. The van der Waals surface area contributed by atoms with Crippen LogP contribution in [0.3, 0.4) is 0 Å². The second kappa shape index (κ2) is 7.14. The minimum atomic E-state index is -0.314. The molecule has 8 heteroatoms. The van der Waals surface area contributed by atoms with Gasteiger partial charge in [-0.05, 0) is 42.3 Å². The highest BCUT2D eigenvalue weighted by molar-refractivity contribution is 7.99. The molecule has 3 heterocycles. The lowest BCUT2D eigenvalue weighted by Crippen LogP contribution is -2.08. The van der Waals surface area contributed by atoms with Crippen LogP contribution in [-0.2, 0) is 22.4 Å². The summed E-state index contributed by atoms with van der Waals surface area (Å²) in [4.78, 5) is 25.1. The van der Waals surface area contributed by atoms with Crippen molar-refractivity contribution in [2.24, 2.45) is 0 Å². The molecule has 0 unspecified atom stereocenters. The van der Waals surface area contributed by atoms with Crippen molar-refractivity contribution >= 4 is 40.8 Å². The van der Waals surface area contributed by atoms with E-state index in [1.165, 1.54) is 7.11 Å². The van der Waals surface area contributed by atoms with Crippen molar-refractivity contribution in [2.75, 3.05) is 18.2 Å². The molecule has 6 nitrogen and oxygen atoms in total. The first-order valence-corrected chi connectivity index (χ1v) is 8.50. The van der Waals surface area contributed by atoms with Gasteiger partial charge in [-0.25, -0.2) is 4.98 Å². The molecule has 0 radical (unpaired) electrons. The summed E-state index contributed by atoms with van der Waals surface area (Å²) in [7, 11) is 1.36. The third kappa shape index (κ3) is 3.92. The Balaban J connectivity index is 1.79. The van der Waals surface area contributed by atoms with Crippen LogP contribution in [0.25, 0.3) is 0 Å². The second-order valence-corrected chi connectivity index (χ2v) is 6.43. The SMILES string of the molecule is COC(=O)Cc1ccc(Nc2nc(Cl)nc3c2SCCC3)cn1. The molecule has 0 aromatic carbocycles. The topological polar surface area (TPSA) is 77.0 Å². The normalized spacial score (nSPS) is 13.3. The number of hydrogen-bond acceptors (Lipinski definition) is 7. The number of carbonyl (C=O) groups excluding carboxylic acids is 1. The number of halogens is 1. The molecule has 0 amide bonds. The van der Waals surface area contributed by atoms with Crippen LogP contribution in [-0.4, -0.2) is 33.8 Å². The molecule has 0 atom stereocenters. The number of aromatic nitrogens is 3. The van der Waals surface area contributed by atoms with Gasteiger partial charge in [0, 0.05) is 0 Å². The number of esters is 1. The fraction of sp³-hybridized carbons (Fsp3) is 0.333. The zero-order valence-corrected chi connectivity index (χ0v) is 14.1. The number of ether oxygens (including phenoxy) is 1. The van der Waals surface area contributed by atoms with Crippen molar-refractivity contribution < 1.29 is 9.53 Å². The summed E-state index contributed by atoms with van der Waals surface area (Å²) in [6.07, 6.45) is 3.82. The van der Waals surface area contributed by atoms with Gasteiger partial charge < -0.3 is 10.1 Å². The predicted octanol–water partition coefficient (Wildman–Crippen LogP) is 3.02. The monoisotopic (exact) mass is 350 g/mol. The third-order valence-electron chi connectivity index (χ3n) is 3.35. The average Bonchev–Trinajstić information content (AvgIpc) is 2.56. The number of fused-ring (bicyclic) bond motifs is 1. The van der Waals surface area contributed by atoms with Gasteiger partial charge in [-0.2, -0.15) is 4.98 Å². The van der Waals surface area contributed by atoms with Gasteiger partial charge >= 0.3 is 5.97 Å². The average molecular weight is 351 g/mol. The first-order chi connectivity index (χ1) is 11.2. The maximum absolute atomic E-state index is 11.2. The van der Waals surface area contributed by atoms with Gasteiger partial charge in [0.2, 0.25) is 5.28 Å². The molecule has 3 rings (SSSR count). The zero-order chi connectivity index (χ0) is 16.2. The van der Waals surface area contributed by atoms with Crippen molar-refractivity contribution in [1.29, 1.82) is 0 Å². The van der Waals surface area contributed by atoms with E-state index in [9.17, 15) is 4.79 Å². The summed E-state index contributed by atoms with van der Waals surface area (Å²) < 4.78 is 4.63. The van der Waals surface area contributed by atoms with E-state index in [-0.39, 0.29) is 17.7 Å². The van der Waals surface area contributed by atoms with Crippen LogP contribution in [0.1, 0.15) is 17.8 Å². The summed E-state index contributed by atoms with van der Waals surface area (Å²) in [6.45, 7) is 0. The quantitative estimate of drug-likeness (QED) is 0.670. The van der Waals surface area contributed by atoms with Crippen molar-refractivity contribution in [3.63, 3.8) is 0 Å². The Morgan fingerprint density at radius 3 is 3.04 bits per heavy atom. The van der Waals surface area contributed by atoms with Gasteiger partial charge in [0.1, 0.15) is 5.82 Å². The van der Waals surface area contributed by atoms with Crippen LogP contribution in [0, 0.1) is 0 Å². The van der Waals surface area contributed by atoms with Crippen LogP contribution in [0.2, 0.25) is 5.28 Å². The number of pyridine rings is 1. The zero-order valence-electron chi connectivity index (χ0n) is 12.5. The number of thioether (sulfide) groups is 1. The minimum absolute atomic E-state index is 0.154. The van der Waals surface area contributed by atoms with Gasteiger partial charge in [0.25, 0.3) is 0 Å². The van der Waals surface area contributed by atoms with Crippen LogP contribution in [0.4, 0.5) is 11.5 Å². The summed E-state index contributed by atoms with van der Waals surface area (Å²) >= 11 is 7.74. The molecule has 2 aromatic heterocycles. The molecular weight excluding hydrogens is 336 g/mol. The number of aryl methyl sites for hydroxylation is 1.